The number of halogens is 2. The Kier molecular flexibility index (Phi) is 10.7. The maximum Gasteiger partial charge on any atom is 0.333 e. The summed E-state index contributed by atoms with van der Waals surface area (Å²) < 4.78 is 54.4. The number of fused-ring (bicyclic) bond motifs is 2. The maximum atomic E-state index is 13.7. The van der Waals surface area contributed by atoms with Crippen LogP contribution < -0.4 is 14.2 Å². The molecule has 56 heavy (non-hydrogen) atoms. The molecule has 0 saturated carbocycles. The van der Waals surface area contributed by atoms with Crippen LogP contribution in [0.3, 0.4) is 0 Å². The monoisotopic (exact) mass is 762 g/mol. The Labute approximate surface area is 324 Å². The van der Waals surface area contributed by atoms with Crippen LogP contribution in [0, 0.1) is 32.4 Å². The number of aliphatic carboxylic acids is 1. The number of carboxylic acid groups (broad SMARTS) is 1. The van der Waals surface area contributed by atoms with Gasteiger partial charge in [-0.2, -0.15) is 0 Å². The SMILES string of the molecule is Cc1c(C)c2c(c(C)c1O)CCC(C)(COc1ccc3nc(COc4ccc(CC(OC(c5ccc(F)cc5)c5ccc(F)cc5)C(=O)O)cc4)n(C)c3c1)O2. The number of carboxylic acids is 1. The summed E-state index contributed by atoms with van der Waals surface area (Å²) in [7, 11) is 1.92. The number of hydrogen-bond donors (Lipinski definition) is 2. The predicted molar refractivity (Wildman–Crippen MR) is 208 cm³/mol. The summed E-state index contributed by atoms with van der Waals surface area (Å²) in [5.41, 5.74) is 6.63. The van der Waals surface area contributed by atoms with Crippen LogP contribution in [-0.4, -0.2) is 44.0 Å². The summed E-state index contributed by atoms with van der Waals surface area (Å²) in [6.45, 7) is 8.42. The quantitative estimate of drug-likeness (QED) is 0.120. The molecule has 2 N–H and O–H groups in total. The van der Waals surface area contributed by atoms with Crippen LogP contribution >= 0.6 is 0 Å². The first-order valence-electron chi connectivity index (χ1n) is 18.5. The maximum absolute atomic E-state index is 13.7. The second-order valence-electron chi connectivity index (χ2n) is 14.7. The van der Waals surface area contributed by atoms with E-state index in [2.05, 4.69) is 6.92 Å². The third-order valence-corrected chi connectivity index (χ3v) is 10.7. The minimum Gasteiger partial charge on any atom is -0.507 e. The van der Waals surface area contributed by atoms with E-state index in [1.807, 2.05) is 50.6 Å². The molecule has 0 radical (unpaired) electrons. The lowest BCUT2D eigenvalue weighted by molar-refractivity contribution is -0.153. The van der Waals surface area contributed by atoms with Gasteiger partial charge in [-0.05, 0) is 122 Å². The molecule has 11 heteroatoms. The van der Waals surface area contributed by atoms with Crippen LogP contribution in [-0.2, 0) is 36.0 Å². The number of hydrogen-bond acceptors (Lipinski definition) is 7. The first-order valence-corrected chi connectivity index (χ1v) is 18.5. The van der Waals surface area contributed by atoms with E-state index in [0.717, 1.165) is 51.9 Å². The molecule has 0 bridgehead atoms. The van der Waals surface area contributed by atoms with E-state index in [1.54, 1.807) is 24.3 Å². The standard InChI is InChI=1S/C45H44F2N2O7/c1-26-27(2)42-36(28(3)41(26)50)20-21-45(4,56-42)25-54-35-18-19-37-38(23-35)49(5)40(48-37)24-53-34-16-6-29(7-17-34)22-39(44(51)52)55-43(30-8-12-32(46)13-9-30)31-10-14-33(47)15-11-31/h6-19,23,39,43,50H,20-22,24-25H2,1-5H3,(H,51,52). The van der Waals surface area contributed by atoms with Crippen LogP contribution in [0.25, 0.3) is 11.0 Å². The van der Waals surface area contributed by atoms with Crippen molar-refractivity contribution >= 4 is 17.0 Å². The molecule has 0 fully saturated rings. The first kappa shape index (κ1) is 38.3. The Bertz CT molecular complexity index is 2330. The third kappa shape index (κ3) is 8.04. The van der Waals surface area contributed by atoms with Crippen LogP contribution in [0.4, 0.5) is 8.78 Å². The third-order valence-electron chi connectivity index (χ3n) is 10.7. The van der Waals surface area contributed by atoms with Crippen molar-refractivity contribution in [1.82, 2.24) is 9.55 Å². The minimum absolute atomic E-state index is 0.0474. The van der Waals surface area contributed by atoms with Crippen molar-refractivity contribution in [3.63, 3.8) is 0 Å². The van der Waals surface area contributed by atoms with Gasteiger partial charge in [0, 0.05) is 25.1 Å². The van der Waals surface area contributed by atoms with Gasteiger partial charge in [0.2, 0.25) is 0 Å². The van der Waals surface area contributed by atoms with Crippen molar-refractivity contribution in [3.8, 4) is 23.0 Å². The lowest BCUT2D eigenvalue weighted by Gasteiger charge is -2.37. The van der Waals surface area contributed by atoms with E-state index in [-0.39, 0.29) is 13.0 Å². The Balaban J connectivity index is 0.982. The van der Waals surface area contributed by atoms with Crippen molar-refractivity contribution in [3.05, 3.63) is 147 Å². The van der Waals surface area contributed by atoms with E-state index in [4.69, 9.17) is 23.9 Å². The van der Waals surface area contributed by atoms with Crippen LogP contribution in [0.5, 0.6) is 23.0 Å². The smallest absolute Gasteiger partial charge is 0.333 e. The van der Waals surface area contributed by atoms with Crippen molar-refractivity contribution in [2.45, 2.75) is 71.4 Å². The second kappa shape index (κ2) is 15.7. The molecule has 2 atom stereocenters. The van der Waals surface area contributed by atoms with E-state index in [1.165, 1.54) is 48.5 Å². The number of carbonyl (C=O) groups is 1. The Hall–Kier alpha value is -5.94. The number of ether oxygens (including phenoxy) is 4. The molecule has 6 aromatic rings. The fraction of sp³-hybridized carbons (Fsp3) is 0.289. The van der Waals surface area contributed by atoms with E-state index in [9.17, 15) is 23.8 Å². The van der Waals surface area contributed by atoms with Gasteiger partial charge in [-0.15, -0.1) is 0 Å². The second-order valence-corrected chi connectivity index (χ2v) is 14.7. The van der Waals surface area contributed by atoms with Crippen LogP contribution in [0.1, 0.15) is 64.2 Å². The fourth-order valence-corrected chi connectivity index (χ4v) is 7.14. The first-order chi connectivity index (χ1) is 26.8. The number of benzene rings is 5. The largest absolute Gasteiger partial charge is 0.507 e. The molecule has 0 saturated heterocycles. The minimum atomic E-state index is -1.25. The fourth-order valence-electron chi connectivity index (χ4n) is 7.14. The average Bonchev–Trinajstić information content (AvgIpc) is 3.51. The lowest BCUT2D eigenvalue weighted by atomic mass is 9.87. The zero-order valence-corrected chi connectivity index (χ0v) is 31.9. The summed E-state index contributed by atoms with van der Waals surface area (Å²) in [4.78, 5) is 17.1. The lowest BCUT2D eigenvalue weighted by Crippen LogP contribution is -2.42. The summed E-state index contributed by atoms with van der Waals surface area (Å²) in [5.74, 6) is 1.11. The normalized spacial score (nSPS) is 15.7. The molecule has 0 spiro atoms. The number of aryl methyl sites for hydroxylation is 1. The van der Waals surface area contributed by atoms with Crippen molar-refractivity contribution in [2.75, 3.05) is 6.61 Å². The molecule has 1 aromatic heterocycles. The number of phenolic OH excluding ortho intramolecular Hbond substituents is 1. The summed E-state index contributed by atoms with van der Waals surface area (Å²) in [6.07, 6.45) is -0.524. The van der Waals surface area contributed by atoms with E-state index < -0.39 is 35.4 Å². The van der Waals surface area contributed by atoms with E-state index in [0.29, 0.717) is 46.4 Å². The van der Waals surface area contributed by atoms with Gasteiger partial charge in [-0.3, -0.25) is 0 Å². The van der Waals surface area contributed by atoms with Crippen molar-refractivity contribution < 1.29 is 42.7 Å². The Morgan fingerprint density at radius 3 is 2.12 bits per heavy atom. The molecule has 1 aliphatic rings. The molecule has 5 aromatic carbocycles. The highest BCUT2D eigenvalue weighted by Crippen LogP contribution is 2.43. The number of imidazole rings is 1. The summed E-state index contributed by atoms with van der Waals surface area (Å²) >= 11 is 0. The number of nitrogens with zero attached hydrogens (tertiary/aromatic N) is 2. The van der Waals surface area contributed by atoms with Gasteiger partial charge in [0.25, 0.3) is 0 Å². The van der Waals surface area contributed by atoms with Gasteiger partial charge in [0.1, 0.15) is 65.4 Å². The topological polar surface area (TPSA) is 112 Å². The number of aromatic hydroxyl groups is 1. The predicted octanol–water partition coefficient (Wildman–Crippen LogP) is 9.03. The molecule has 2 unspecified atom stereocenters. The Morgan fingerprint density at radius 1 is 0.875 bits per heavy atom. The molecule has 0 amide bonds. The van der Waals surface area contributed by atoms with E-state index >= 15 is 0 Å². The highest BCUT2D eigenvalue weighted by atomic mass is 19.1. The number of aromatic nitrogens is 2. The molecule has 2 heterocycles. The number of rotatable bonds is 13. The molecule has 1 aliphatic heterocycles. The van der Waals surface area contributed by atoms with Gasteiger partial charge in [-0.1, -0.05) is 36.4 Å². The van der Waals surface area contributed by atoms with Gasteiger partial charge < -0.3 is 33.7 Å². The van der Waals surface area contributed by atoms with Gasteiger partial charge >= 0.3 is 5.97 Å². The van der Waals surface area contributed by atoms with Crippen LogP contribution in [0.2, 0.25) is 0 Å². The zero-order chi connectivity index (χ0) is 39.7. The summed E-state index contributed by atoms with van der Waals surface area (Å²) in [5, 5.41) is 20.6. The van der Waals surface area contributed by atoms with Gasteiger partial charge in [-0.25, -0.2) is 18.6 Å². The van der Waals surface area contributed by atoms with Crippen LogP contribution in [0.15, 0.2) is 91.0 Å². The zero-order valence-electron chi connectivity index (χ0n) is 31.9. The molecule has 9 nitrogen and oxygen atoms in total. The number of phenols is 1. The van der Waals surface area contributed by atoms with Crippen molar-refractivity contribution in [2.24, 2.45) is 7.05 Å². The van der Waals surface area contributed by atoms with Gasteiger partial charge in [0.05, 0.1) is 11.0 Å². The molecule has 0 aliphatic carbocycles. The summed E-state index contributed by atoms with van der Waals surface area (Å²) in [6, 6.07) is 24.0. The highest BCUT2D eigenvalue weighted by molar-refractivity contribution is 5.77. The molecular formula is C45H44F2N2O7. The van der Waals surface area contributed by atoms with Gasteiger partial charge in [0.15, 0.2) is 6.10 Å². The Morgan fingerprint density at radius 2 is 1.50 bits per heavy atom. The molecule has 290 valence electrons. The highest BCUT2D eigenvalue weighted by Gasteiger charge is 2.35. The average molecular weight is 763 g/mol. The molecular weight excluding hydrogens is 718 g/mol. The molecule has 7 rings (SSSR count). The van der Waals surface area contributed by atoms with Crippen molar-refractivity contribution in [1.29, 1.82) is 0 Å².